The molecule has 6 heteroatoms. The summed E-state index contributed by atoms with van der Waals surface area (Å²) in [6.07, 6.45) is 0.932. The Bertz CT molecular complexity index is 1240. The number of rotatable bonds is 6. The highest BCUT2D eigenvalue weighted by atomic mass is 32.1. The van der Waals surface area contributed by atoms with E-state index in [1.54, 1.807) is 11.3 Å². The minimum atomic E-state index is -0.0805. The van der Waals surface area contributed by atoms with Crippen LogP contribution in [0.5, 0.6) is 0 Å². The maximum Gasteiger partial charge on any atom is 0.276 e. The molecule has 0 aliphatic carbocycles. The third-order valence-corrected chi connectivity index (χ3v) is 6.31. The minimum absolute atomic E-state index is 0.0163. The molecule has 2 aromatic heterocycles. The Hall–Kier alpha value is -2.99. The summed E-state index contributed by atoms with van der Waals surface area (Å²) in [6, 6.07) is 16.0. The summed E-state index contributed by atoms with van der Waals surface area (Å²) < 4.78 is 3.55. The van der Waals surface area contributed by atoms with Gasteiger partial charge >= 0.3 is 0 Å². The summed E-state index contributed by atoms with van der Waals surface area (Å²) in [5.41, 5.74) is 3.05. The first kappa shape index (κ1) is 19.3. The summed E-state index contributed by atoms with van der Waals surface area (Å²) >= 11 is 1.61. The van der Waals surface area contributed by atoms with Gasteiger partial charge < -0.3 is 5.32 Å². The lowest BCUT2D eigenvalue weighted by atomic mass is 10.1. The molecular weight excluding hydrogens is 382 g/mol. The molecule has 0 spiro atoms. The highest BCUT2D eigenvalue weighted by Gasteiger charge is 2.14. The maximum absolute atomic E-state index is 13.0. The quantitative estimate of drug-likeness (QED) is 0.519. The molecule has 4 rings (SSSR count). The molecule has 4 aromatic rings. The molecule has 0 bridgehead atoms. The van der Waals surface area contributed by atoms with Crippen LogP contribution in [0, 0.1) is 13.8 Å². The first-order chi connectivity index (χ1) is 14.0. The van der Waals surface area contributed by atoms with Crippen LogP contribution in [-0.2, 0) is 17.9 Å². The Morgan fingerprint density at radius 1 is 1.10 bits per heavy atom. The van der Waals surface area contributed by atoms with Crippen LogP contribution < -0.4 is 10.9 Å². The van der Waals surface area contributed by atoms with E-state index in [0.29, 0.717) is 25.9 Å². The van der Waals surface area contributed by atoms with Gasteiger partial charge in [-0.25, -0.2) is 4.68 Å². The third kappa shape index (κ3) is 4.07. The number of carbonyl (C=O) groups is 1. The second-order valence-corrected chi connectivity index (χ2v) is 8.33. The molecule has 0 saturated heterocycles. The lowest BCUT2D eigenvalue weighted by molar-refractivity contribution is -0.121. The highest BCUT2D eigenvalue weighted by Crippen LogP contribution is 2.32. The Morgan fingerprint density at radius 2 is 1.86 bits per heavy atom. The number of benzene rings is 2. The smallest absolute Gasteiger partial charge is 0.276 e. The lowest BCUT2D eigenvalue weighted by Crippen LogP contribution is -2.26. The van der Waals surface area contributed by atoms with E-state index < -0.39 is 0 Å². The van der Waals surface area contributed by atoms with Crippen molar-refractivity contribution in [1.82, 2.24) is 15.1 Å². The van der Waals surface area contributed by atoms with Crippen LogP contribution in [0.25, 0.3) is 20.2 Å². The van der Waals surface area contributed by atoms with Crippen molar-refractivity contribution in [2.24, 2.45) is 0 Å². The van der Waals surface area contributed by atoms with Gasteiger partial charge in [-0.05, 0) is 31.9 Å². The summed E-state index contributed by atoms with van der Waals surface area (Å²) in [4.78, 5) is 25.1. The number of amides is 1. The molecule has 148 valence electrons. The topological polar surface area (TPSA) is 64.0 Å². The van der Waals surface area contributed by atoms with Crippen molar-refractivity contribution in [3.63, 3.8) is 0 Å². The van der Waals surface area contributed by atoms with Crippen LogP contribution in [0.1, 0.15) is 29.7 Å². The van der Waals surface area contributed by atoms with Crippen LogP contribution in [0.4, 0.5) is 0 Å². The number of fused-ring (bicyclic) bond motifs is 3. The highest BCUT2D eigenvalue weighted by molar-refractivity contribution is 7.26. The standard InChI is InChI=1S/C23H23N3O2S/c1-15-9-11-17(12-10-15)14-24-20(27)8-5-13-26-23(28)21-18-6-3-4-7-19(18)29-22(21)16(2)25-26/h3-4,6-7,9-12H,5,8,13-14H2,1-2H3,(H,24,27). The van der Waals surface area contributed by atoms with E-state index >= 15 is 0 Å². The monoisotopic (exact) mass is 405 g/mol. The predicted molar refractivity (Wildman–Crippen MR) is 118 cm³/mol. The van der Waals surface area contributed by atoms with Gasteiger partial charge in [-0.1, -0.05) is 48.0 Å². The predicted octanol–water partition coefficient (Wildman–Crippen LogP) is 4.32. The number of aromatic nitrogens is 2. The van der Waals surface area contributed by atoms with Crippen molar-refractivity contribution < 1.29 is 4.79 Å². The van der Waals surface area contributed by atoms with E-state index in [0.717, 1.165) is 31.4 Å². The van der Waals surface area contributed by atoms with Gasteiger partial charge in [0.15, 0.2) is 0 Å². The van der Waals surface area contributed by atoms with Gasteiger partial charge in [0.05, 0.1) is 15.8 Å². The summed E-state index contributed by atoms with van der Waals surface area (Å²) in [5.74, 6) is -0.0163. The fourth-order valence-electron chi connectivity index (χ4n) is 3.45. The van der Waals surface area contributed by atoms with Gasteiger partial charge in [-0.15, -0.1) is 11.3 Å². The van der Waals surface area contributed by atoms with Crippen molar-refractivity contribution in [2.75, 3.05) is 0 Å². The van der Waals surface area contributed by atoms with Gasteiger partial charge in [-0.3, -0.25) is 9.59 Å². The molecule has 1 amide bonds. The molecule has 2 heterocycles. The minimum Gasteiger partial charge on any atom is -0.352 e. The number of nitrogens with zero attached hydrogens (tertiary/aromatic N) is 2. The number of aryl methyl sites for hydroxylation is 3. The molecule has 0 atom stereocenters. The molecule has 0 saturated carbocycles. The number of carbonyl (C=O) groups excluding carboxylic acids is 1. The van der Waals surface area contributed by atoms with Gasteiger partial charge in [0.25, 0.3) is 5.56 Å². The van der Waals surface area contributed by atoms with E-state index in [4.69, 9.17) is 0 Å². The van der Waals surface area contributed by atoms with E-state index in [1.807, 2.05) is 62.4 Å². The average molecular weight is 406 g/mol. The molecule has 5 nitrogen and oxygen atoms in total. The third-order valence-electron chi connectivity index (χ3n) is 5.03. The fourth-order valence-corrected chi connectivity index (χ4v) is 4.58. The van der Waals surface area contributed by atoms with E-state index in [-0.39, 0.29) is 11.5 Å². The lowest BCUT2D eigenvalue weighted by Gasteiger charge is -2.08. The number of hydrogen-bond acceptors (Lipinski definition) is 4. The normalized spacial score (nSPS) is 11.2. The molecule has 0 radical (unpaired) electrons. The maximum atomic E-state index is 13.0. The van der Waals surface area contributed by atoms with Crippen LogP contribution in [0.15, 0.2) is 53.3 Å². The Morgan fingerprint density at radius 3 is 2.66 bits per heavy atom. The molecule has 0 unspecified atom stereocenters. The molecule has 2 aromatic carbocycles. The Kier molecular flexibility index (Phi) is 5.45. The van der Waals surface area contributed by atoms with Gasteiger partial charge in [-0.2, -0.15) is 5.10 Å². The zero-order valence-corrected chi connectivity index (χ0v) is 17.4. The van der Waals surface area contributed by atoms with Crippen LogP contribution in [0.3, 0.4) is 0 Å². The molecule has 0 fully saturated rings. The van der Waals surface area contributed by atoms with E-state index in [2.05, 4.69) is 10.4 Å². The van der Waals surface area contributed by atoms with Crippen molar-refractivity contribution in [2.45, 2.75) is 39.8 Å². The number of thiophene rings is 1. The fraction of sp³-hybridized carbons (Fsp3) is 0.261. The molecular formula is C23H23N3O2S. The van der Waals surface area contributed by atoms with Gasteiger partial charge in [0.2, 0.25) is 5.91 Å². The van der Waals surface area contributed by atoms with Crippen LogP contribution >= 0.6 is 11.3 Å². The first-order valence-corrected chi connectivity index (χ1v) is 10.6. The zero-order valence-electron chi connectivity index (χ0n) is 16.6. The first-order valence-electron chi connectivity index (χ1n) is 9.74. The molecule has 1 N–H and O–H groups in total. The summed E-state index contributed by atoms with van der Waals surface area (Å²) in [6.45, 7) is 4.92. The second kappa shape index (κ2) is 8.17. The average Bonchev–Trinajstić information content (AvgIpc) is 3.12. The second-order valence-electron chi connectivity index (χ2n) is 7.28. The Balaban J connectivity index is 1.42. The summed E-state index contributed by atoms with van der Waals surface area (Å²) in [5, 5.41) is 9.13. The van der Waals surface area contributed by atoms with Gasteiger partial charge in [0.1, 0.15) is 0 Å². The molecule has 0 aliphatic rings. The van der Waals surface area contributed by atoms with Crippen molar-refractivity contribution >= 4 is 37.4 Å². The van der Waals surface area contributed by atoms with Crippen molar-refractivity contribution in [1.29, 1.82) is 0 Å². The van der Waals surface area contributed by atoms with Crippen molar-refractivity contribution in [3.05, 3.63) is 75.7 Å². The molecule has 0 aliphatic heterocycles. The van der Waals surface area contributed by atoms with E-state index in [9.17, 15) is 9.59 Å². The molecule has 29 heavy (non-hydrogen) atoms. The van der Waals surface area contributed by atoms with Crippen molar-refractivity contribution in [3.8, 4) is 0 Å². The SMILES string of the molecule is Cc1ccc(CNC(=O)CCCn2nc(C)c3sc4ccccc4c3c2=O)cc1. The van der Waals surface area contributed by atoms with Gasteiger partial charge in [0, 0.05) is 29.6 Å². The zero-order chi connectivity index (χ0) is 20.4. The number of nitrogens with one attached hydrogen (secondary N) is 1. The largest absolute Gasteiger partial charge is 0.352 e. The Labute approximate surface area is 173 Å². The number of hydrogen-bond donors (Lipinski definition) is 1. The summed E-state index contributed by atoms with van der Waals surface area (Å²) in [7, 11) is 0. The van der Waals surface area contributed by atoms with Crippen LogP contribution in [0.2, 0.25) is 0 Å². The van der Waals surface area contributed by atoms with Crippen LogP contribution in [-0.4, -0.2) is 15.7 Å². The van der Waals surface area contributed by atoms with E-state index in [1.165, 1.54) is 10.2 Å².